The van der Waals surface area contributed by atoms with Gasteiger partial charge in [0.05, 0.1) is 12.6 Å². The van der Waals surface area contributed by atoms with Gasteiger partial charge in [-0.1, -0.05) is 0 Å². The lowest BCUT2D eigenvalue weighted by Crippen LogP contribution is -2.56. The van der Waals surface area contributed by atoms with Crippen molar-refractivity contribution in [1.82, 2.24) is 16.0 Å². The van der Waals surface area contributed by atoms with E-state index in [0.29, 0.717) is 0 Å². The molecule has 0 saturated carbocycles. The third-order valence-corrected chi connectivity index (χ3v) is 5.48. The van der Waals surface area contributed by atoms with Crippen LogP contribution in [0.2, 0.25) is 0 Å². The molecule has 0 aromatic heterocycles. The number of halogens is 5. The molecule has 40 heavy (non-hydrogen) atoms. The van der Waals surface area contributed by atoms with Crippen LogP contribution in [0.1, 0.15) is 37.7 Å². The number of primary amides is 2. The minimum atomic E-state index is -2.42. The summed E-state index contributed by atoms with van der Waals surface area (Å²) < 4.78 is 74.2. The number of unbranched alkanes of at least 4 members (excludes halogenated alkanes) is 1. The van der Waals surface area contributed by atoms with E-state index in [9.17, 15) is 41.1 Å². The van der Waals surface area contributed by atoms with Gasteiger partial charge < -0.3 is 43.6 Å². The van der Waals surface area contributed by atoms with Gasteiger partial charge in [0.25, 0.3) is 0 Å². The van der Waals surface area contributed by atoms with Crippen LogP contribution >= 0.6 is 0 Å². The number of guanidine groups is 1. The zero-order valence-electron chi connectivity index (χ0n) is 21.1. The van der Waals surface area contributed by atoms with E-state index < -0.39 is 83.0 Å². The minimum Gasteiger partial charge on any atom is -0.450 e. The van der Waals surface area contributed by atoms with Gasteiger partial charge in [0.15, 0.2) is 29.2 Å². The molecule has 1 rings (SSSR count). The number of carbonyl (C=O) groups excluding carboxylic acids is 4. The fourth-order valence-electron chi connectivity index (χ4n) is 3.38. The summed E-state index contributed by atoms with van der Waals surface area (Å²) in [5, 5.41) is 13.8. The van der Waals surface area contributed by atoms with Crippen LogP contribution in [0.25, 0.3) is 0 Å². The van der Waals surface area contributed by atoms with Gasteiger partial charge >= 0.3 is 6.09 Å². The van der Waals surface area contributed by atoms with Crippen molar-refractivity contribution in [3.63, 3.8) is 0 Å². The molecule has 0 bridgehead atoms. The zero-order chi connectivity index (χ0) is 30.6. The number of hydrogen-bond acceptors (Lipinski definition) is 7. The van der Waals surface area contributed by atoms with E-state index in [2.05, 4.69) is 20.7 Å². The number of rotatable bonds is 16. The molecule has 1 aromatic carbocycles. The van der Waals surface area contributed by atoms with Crippen LogP contribution in [0.5, 0.6) is 0 Å². The summed E-state index contributed by atoms with van der Waals surface area (Å²) in [5.41, 5.74) is 19.6. The van der Waals surface area contributed by atoms with E-state index in [1.54, 1.807) is 0 Å². The number of amides is 4. The van der Waals surface area contributed by atoms with Gasteiger partial charge in [-0.25, -0.2) is 26.7 Å². The van der Waals surface area contributed by atoms with Crippen molar-refractivity contribution in [1.29, 1.82) is 5.41 Å². The van der Waals surface area contributed by atoms with Crippen LogP contribution in [0.3, 0.4) is 0 Å². The van der Waals surface area contributed by atoms with Crippen molar-refractivity contribution in [3.05, 3.63) is 34.6 Å². The summed E-state index contributed by atoms with van der Waals surface area (Å²) >= 11 is 0. The standard InChI is InChI=1S/C22H31F5N8O5/c23-13-9(14(24)16(26)17(27)15(13)25)8-12(35-19(37)10(28)4-3-6-33-21(30)31)20(38)34-11(18(29)36)5-1-2-7-40-22(32)39/h10-12H,1-8,28H2,(H2,29,36)(H2,32,39)(H,34,38)(H,35,37)(H4,30,31,33)/t10-,11+,12+/m1/s1. The molecule has 0 saturated heterocycles. The summed E-state index contributed by atoms with van der Waals surface area (Å²) in [6, 6.07) is -4.64. The van der Waals surface area contributed by atoms with Gasteiger partial charge in [0.2, 0.25) is 23.5 Å². The highest BCUT2D eigenvalue weighted by molar-refractivity contribution is 5.92. The number of hydrogen-bond donors (Lipinski definition) is 8. The maximum absolute atomic E-state index is 14.3. The number of nitrogens with two attached hydrogens (primary N) is 4. The van der Waals surface area contributed by atoms with E-state index in [4.69, 9.17) is 28.3 Å². The Balaban J connectivity index is 3.13. The summed E-state index contributed by atoms with van der Waals surface area (Å²) in [7, 11) is 0. The molecule has 224 valence electrons. The average molecular weight is 583 g/mol. The predicted octanol–water partition coefficient (Wildman–Crippen LogP) is -0.764. The first kappa shape index (κ1) is 33.8. The summed E-state index contributed by atoms with van der Waals surface area (Å²) in [5.74, 6) is -15.0. The Kier molecular flexibility index (Phi) is 13.5. The summed E-state index contributed by atoms with van der Waals surface area (Å²) in [6.07, 6.45) is -1.74. The Morgan fingerprint density at radius 3 is 1.85 bits per heavy atom. The monoisotopic (exact) mass is 582 g/mol. The number of carbonyl (C=O) groups is 4. The molecule has 0 aliphatic carbocycles. The zero-order valence-corrected chi connectivity index (χ0v) is 21.1. The van der Waals surface area contributed by atoms with Crippen LogP contribution in [0.15, 0.2) is 0 Å². The van der Waals surface area contributed by atoms with E-state index in [0.717, 1.165) is 0 Å². The third-order valence-electron chi connectivity index (χ3n) is 5.48. The van der Waals surface area contributed by atoms with Crippen molar-refractivity contribution in [3.8, 4) is 0 Å². The minimum absolute atomic E-state index is 0.0136. The first-order chi connectivity index (χ1) is 18.7. The lowest BCUT2D eigenvalue weighted by atomic mass is 10.0. The Hall–Kier alpha value is -4.22. The molecule has 13 nitrogen and oxygen atoms in total. The lowest BCUT2D eigenvalue weighted by Gasteiger charge is -2.24. The predicted molar refractivity (Wildman–Crippen MR) is 130 cm³/mol. The molecule has 0 fully saturated rings. The third kappa shape index (κ3) is 10.5. The fourth-order valence-corrected chi connectivity index (χ4v) is 3.38. The highest BCUT2D eigenvalue weighted by Crippen LogP contribution is 2.24. The molecule has 0 unspecified atom stereocenters. The molecule has 3 atom stereocenters. The van der Waals surface area contributed by atoms with Gasteiger partial charge in [-0.05, 0) is 32.1 Å². The van der Waals surface area contributed by atoms with E-state index in [1.807, 2.05) is 0 Å². The van der Waals surface area contributed by atoms with Crippen LogP contribution in [0.4, 0.5) is 26.7 Å². The highest BCUT2D eigenvalue weighted by atomic mass is 19.2. The molecule has 0 aliphatic heterocycles. The van der Waals surface area contributed by atoms with Crippen LogP contribution in [-0.4, -0.2) is 61.1 Å². The molecular weight excluding hydrogens is 551 g/mol. The number of ether oxygens (including phenoxy) is 1. The largest absolute Gasteiger partial charge is 0.450 e. The van der Waals surface area contributed by atoms with Crippen molar-refractivity contribution in [2.24, 2.45) is 22.9 Å². The Labute approximate surface area is 225 Å². The first-order valence-electron chi connectivity index (χ1n) is 11.8. The number of benzene rings is 1. The van der Waals surface area contributed by atoms with E-state index in [1.165, 1.54) is 0 Å². The second-order valence-electron chi connectivity index (χ2n) is 8.53. The summed E-state index contributed by atoms with van der Waals surface area (Å²) in [4.78, 5) is 48.0. The van der Waals surface area contributed by atoms with E-state index in [-0.39, 0.29) is 51.2 Å². The van der Waals surface area contributed by atoms with Crippen molar-refractivity contribution in [2.45, 2.75) is 56.7 Å². The van der Waals surface area contributed by atoms with Gasteiger partial charge in [-0.2, -0.15) is 0 Å². The molecule has 0 aliphatic rings. The van der Waals surface area contributed by atoms with Gasteiger partial charge in [-0.3, -0.25) is 19.8 Å². The molecule has 0 spiro atoms. The SMILES string of the molecule is N=C(N)NCCC[C@@H](N)C(=O)N[C@@H](Cc1c(F)c(F)c(F)c(F)c1F)C(=O)N[C@@H](CCCCOC(N)=O)C(N)=O. The Bertz CT molecular complexity index is 1080. The Morgan fingerprint density at radius 2 is 1.32 bits per heavy atom. The quantitative estimate of drug-likeness (QED) is 0.0307. The van der Waals surface area contributed by atoms with Crippen molar-refractivity contribution in [2.75, 3.05) is 13.2 Å². The molecule has 18 heteroatoms. The molecule has 0 radical (unpaired) electrons. The second-order valence-corrected chi connectivity index (χ2v) is 8.53. The maximum atomic E-state index is 14.3. The van der Waals surface area contributed by atoms with Crippen LogP contribution in [-0.2, 0) is 25.5 Å². The van der Waals surface area contributed by atoms with Gasteiger partial charge in [0.1, 0.15) is 12.1 Å². The Morgan fingerprint density at radius 1 is 0.775 bits per heavy atom. The van der Waals surface area contributed by atoms with Gasteiger partial charge in [-0.15, -0.1) is 0 Å². The number of nitrogens with one attached hydrogen (secondary N) is 4. The molecular formula is C22H31F5N8O5. The smallest absolute Gasteiger partial charge is 0.404 e. The highest BCUT2D eigenvalue weighted by Gasteiger charge is 2.32. The summed E-state index contributed by atoms with van der Waals surface area (Å²) in [6.45, 7) is 0.0586. The second kappa shape index (κ2) is 16.0. The van der Waals surface area contributed by atoms with Crippen molar-refractivity contribution >= 4 is 29.8 Å². The molecule has 12 N–H and O–H groups in total. The molecule has 4 amide bonds. The van der Waals surface area contributed by atoms with Gasteiger partial charge in [0, 0.05) is 18.5 Å². The average Bonchev–Trinajstić information content (AvgIpc) is 2.88. The normalized spacial score (nSPS) is 13.1. The van der Waals surface area contributed by atoms with E-state index >= 15 is 0 Å². The molecule has 1 aromatic rings. The fraction of sp³-hybridized carbons (Fsp3) is 0.500. The lowest BCUT2D eigenvalue weighted by molar-refractivity contribution is -0.131. The van der Waals surface area contributed by atoms with Crippen LogP contribution < -0.4 is 38.9 Å². The molecule has 0 heterocycles. The topological polar surface area (TPSA) is 242 Å². The maximum Gasteiger partial charge on any atom is 0.404 e. The van der Waals surface area contributed by atoms with Crippen LogP contribution in [0, 0.1) is 34.5 Å². The first-order valence-corrected chi connectivity index (χ1v) is 11.8. The van der Waals surface area contributed by atoms with Crippen molar-refractivity contribution < 1.29 is 45.9 Å².